The summed E-state index contributed by atoms with van der Waals surface area (Å²) < 4.78 is 15.8. The molecule has 0 atom stereocenters. The number of hydrogen-bond donors (Lipinski definition) is 1. The Morgan fingerprint density at radius 2 is 2.00 bits per heavy atom. The first-order chi connectivity index (χ1) is 11.7. The summed E-state index contributed by atoms with van der Waals surface area (Å²) in [4.78, 5) is 14.4. The van der Waals surface area contributed by atoms with Gasteiger partial charge < -0.3 is 5.73 Å². The van der Waals surface area contributed by atoms with Gasteiger partial charge in [-0.3, -0.25) is 14.6 Å². The Labute approximate surface area is 138 Å². The van der Waals surface area contributed by atoms with Gasteiger partial charge in [-0.25, -0.2) is 14.4 Å². The van der Waals surface area contributed by atoms with Crippen LogP contribution in [-0.4, -0.2) is 36.2 Å². The molecule has 0 fully saturated rings. The third kappa shape index (κ3) is 2.83. The third-order valence-corrected chi connectivity index (χ3v) is 4.01. The maximum atomic E-state index is 13.9. The van der Waals surface area contributed by atoms with Crippen LogP contribution in [0.25, 0.3) is 11.4 Å². The maximum absolute atomic E-state index is 13.9. The fourth-order valence-electron chi connectivity index (χ4n) is 2.85. The van der Waals surface area contributed by atoms with Crippen LogP contribution in [0.4, 0.5) is 10.3 Å². The lowest BCUT2D eigenvalue weighted by atomic mass is 10.2. The average molecular weight is 325 g/mol. The van der Waals surface area contributed by atoms with Crippen molar-refractivity contribution < 1.29 is 4.39 Å². The van der Waals surface area contributed by atoms with E-state index in [9.17, 15) is 4.39 Å². The first-order valence-corrected chi connectivity index (χ1v) is 7.65. The van der Waals surface area contributed by atoms with Gasteiger partial charge in [0.15, 0.2) is 5.82 Å². The van der Waals surface area contributed by atoms with E-state index in [4.69, 9.17) is 5.73 Å². The summed E-state index contributed by atoms with van der Waals surface area (Å²) >= 11 is 0. The Kier molecular flexibility index (Phi) is 3.66. The molecule has 4 heterocycles. The molecule has 0 aromatic carbocycles. The highest BCUT2D eigenvalue weighted by molar-refractivity contribution is 5.55. The van der Waals surface area contributed by atoms with Crippen molar-refractivity contribution in [3.05, 3.63) is 53.9 Å². The third-order valence-electron chi connectivity index (χ3n) is 4.01. The number of rotatable bonds is 3. The predicted molar refractivity (Wildman–Crippen MR) is 86.0 cm³/mol. The monoisotopic (exact) mass is 325 g/mol. The summed E-state index contributed by atoms with van der Waals surface area (Å²) in [6, 6.07) is 4.87. The van der Waals surface area contributed by atoms with E-state index in [1.807, 2.05) is 10.7 Å². The fourth-order valence-corrected chi connectivity index (χ4v) is 2.85. The van der Waals surface area contributed by atoms with E-state index in [0.717, 1.165) is 37.4 Å². The maximum Gasteiger partial charge on any atom is 0.219 e. The minimum absolute atomic E-state index is 0.275. The van der Waals surface area contributed by atoms with E-state index in [1.54, 1.807) is 24.7 Å². The second-order valence-electron chi connectivity index (χ2n) is 5.74. The van der Waals surface area contributed by atoms with Crippen molar-refractivity contribution in [1.82, 2.24) is 29.6 Å². The van der Waals surface area contributed by atoms with E-state index < -0.39 is 0 Å². The molecular weight excluding hydrogens is 309 g/mol. The lowest BCUT2D eigenvalue weighted by molar-refractivity contribution is 0.205. The molecule has 122 valence electrons. The van der Waals surface area contributed by atoms with Crippen LogP contribution in [0, 0.1) is 5.82 Å². The number of halogens is 1. The van der Waals surface area contributed by atoms with Crippen LogP contribution in [0.1, 0.15) is 11.3 Å². The standard InChI is InChI=1S/C16H16FN7/c17-13-2-1-3-19-15(13)14-6-12-10-23(4-5-24(12)22-14)9-11-7-20-16(18)21-8-11/h1-3,6-8H,4-5,9-10H2,(H2,18,20,21). The highest BCUT2D eigenvalue weighted by Gasteiger charge is 2.20. The molecule has 8 heteroatoms. The number of hydrogen-bond acceptors (Lipinski definition) is 6. The van der Waals surface area contributed by atoms with Crippen LogP contribution in [0.3, 0.4) is 0 Å². The van der Waals surface area contributed by atoms with Crippen LogP contribution < -0.4 is 5.73 Å². The quantitative estimate of drug-likeness (QED) is 0.785. The number of nitrogens with zero attached hydrogens (tertiary/aromatic N) is 6. The molecule has 0 saturated carbocycles. The lowest BCUT2D eigenvalue weighted by Gasteiger charge is -2.27. The van der Waals surface area contributed by atoms with Crippen LogP contribution in [0.5, 0.6) is 0 Å². The van der Waals surface area contributed by atoms with Crippen LogP contribution in [-0.2, 0) is 19.6 Å². The first-order valence-electron chi connectivity index (χ1n) is 7.65. The molecule has 7 nitrogen and oxygen atoms in total. The van der Waals surface area contributed by atoms with Crippen molar-refractivity contribution in [2.75, 3.05) is 12.3 Å². The highest BCUT2D eigenvalue weighted by Crippen LogP contribution is 2.23. The zero-order chi connectivity index (χ0) is 16.5. The zero-order valence-corrected chi connectivity index (χ0v) is 12.9. The van der Waals surface area contributed by atoms with Gasteiger partial charge in [0.25, 0.3) is 0 Å². The van der Waals surface area contributed by atoms with Crippen LogP contribution in [0.2, 0.25) is 0 Å². The minimum atomic E-state index is -0.358. The molecule has 3 aromatic heterocycles. The number of nitrogen functional groups attached to an aromatic ring is 1. The smallest absolute Gasteiger partial charge is 0.219 e. The van der Waals surface area contributed by atoms with Crippen molar-refractivity contribution in [2.45, 2.75) is 19.6 Å². The molecule has 0 aliphatic carbocycles. The van der Waals surface area contributed by atoms with Gasteiger partial charge >= 0.3 is 0 Å². The molecule has 4 rings (SSSR count). The van der Waals surface area contributed by atoms with Crippen LogP contribution >= 0.6 is 0 Å². The topological polar surface area (TPSA) is 85.8 Å². The minimum Gasteiger partial charge on any atom is -0.368 e. The van der Waals surface area contributed by atoms with Gasteiger partial charge in [-0.1, -0.05) is 0 Å². The van der Waals surface area contributed by atoms with Crippen LogP contribution in [0.15, 0.2) is 36.8 Å². The summed E-state index contributed by atoms with van der Waals surface area (Å²) in [5, 5.41) is 4.48. The molecule has 0 amide bonds. The molecule has 3 aromatic rings. The predicted octanol–water partition coefficient (Wildman–Crippen LogP) is 1.47. The summed E-state index contributed by atoms with van der Waals surface area (Å²) in [7, 11) is 0. The molecule has 0 bridgehead atoms. The summed E-state index contributed by atoms with van der Waals surface area (Å²) in [5.41, 5.74) is 8.42. The second-order valence-corrected chi connectivity index (χ2v) is 5.74. The number of fused-ring (bicyclic) bond motifs is 1. The average Bonchev–Trinajstić information content (AvgIpc) is 3.00. The number of nitrogens with two attached hydrogens (primary N) is 1. The Morgan fingerprint density at radius 1 is 1.17 bits per heavy atom. The summed E-state index contributed by atoms with van der Waals surface area (Å²) in [5.74, 6) is -0.0821. The summed E-state index contributed by atoms with van der Waals surface area (Å²) in [6.07, 6.45) is 5.05. The molecule has 1 aliphatic rings. The Bertz CT molecular complexity index is 859. The van der Waals surface area contributed by atoms with Crippen molar-refractivity contribution in [2.24, 2.45) is 0 Å². The normalized spacial score (nSPS) is 14.5. The number of aromatic nitrogens is 5. The van der Waals surface area contributed by atoms with E-state index >= 15 is 0 Å². The molecule has 0 spiro atoms. The Morgan fingerprint density at radius 3 is 2.79 bits per heavy atom. The second kappa shape index (κ2) is 5.97. The molecule has 0 unspecified atom stereocenters. The van der Waals surface area contributed by atoms with Gasteiger partial charge in [0.2, 0.25) is 5.95 Å². The van der Waals surface area contributed by atoms with E-state index in [0.29, 0.717) is 5.69 Å². The fraction of sp³-hybridized carbons (Fsp3) is 0.250. The Balaban J connectivity index is 1.53. The van der Waals surface area contributed by atoms with Crippen molar-refractivity contribution >= 4 is 5.95 Å². The number of pyridine rings is 1. The van der Waals surface area contributed by atoms with Crippen molar-refractivity contribution in [1.29, 1.82) is 0 Å². The van der Waals surface area contributed by atoms with Crippen molar-refractivity contribution in [3.63, 3.8) is 0 Å². The molecule has 1 aliphatic heterocycles. The van der Waals surface area contributed by atoms with E-state index in [2.05, 4.69) is 25.0 Å². The van der Waals surface area contributed by atoms with Gasteiger partial charge in [-0.15, -0.1) is 0 Å². The molecule has 0 saturated heterocycles. The van der Waals surface area contributed by atoms with Gasteiger partial charge in [-0.05, 0) is 18.2 Å². The number of anilines is 1. The van der Waals surface area contributed by atoms with E-state index in [1.165, 1.54) is 6.07 Å². The molecule has 2 N–H and O–H groups in total. The lowest BCUT2D eigenvalue weighted by Crippen LogP contribution is -2.33. The molecule has 24 heavy (non-hydrogen) atoms. The van der Waals surface area contributed by atoms with Gasteiger partial charge in [0, 0.05) is 43.8 Å². The SMILES string of the molecule is Nc1ncc(CN2CCn3nc(-c4ncccc4F)cc3C2)cn1. The van der Waals surface area contributed by atoms with E-state index in [-0.39, 0.29) is 17.5 Å². The molecular formula is C16H16FN7. The highest BCUT2D eigenvalue weighted by atomic mass is 19.1. The van der Waals surface area contributed by atoms with Gasteiger partial charge in [0.1, 0.15) is 11.4 Å². The largest absolute Gasteiger partial charge is 0.368 e. The molecule has 0 radical (unpaired) electrons. The van der Waals surface area contributed by atoms with Crippen molar-refractivity contribution in [3.8, 4) is 11.4 Å². The van der Waals surface area contributed by atoms with Gasteiger partial charge in [0.05, 0.1) is 12.2 Å². The summed E-state index contributed by atoms with van der Waals surface area (Å²) in [6.45, 7) is 3.06. The Hall–Kier alpha value is -2.87. The first kappa shape index (κ1) is 14.7. The zero-order valence-electron chi connectivity index (χ0n) is 12.9. The van der Waals surface area contributed by atoms with Gasteiger partial charge in [-0.2, -0.15) is 5.10 Å².